The molecule has 1 aliphatic carbocycles. The van der Waals surface area contributed by atoms with Gasteiger partial charge in [0.25, 0.3) is 0 Å². The van der Waals surface area contributed by atoms with E-state index in [-0.39, 0.29) is 21.9 Å². The molecule has 1 N–H and O–H groups in total. The van der Waals surface area contributed by atoms with Gasteiger partial charge in [-0.15, -0.1) is 0 Å². The van der Waals surface area contributed by atoms with Crippen molar-refractivity contribution in [1.82, 2.24) is 9.03 Å². The lowest BCUT2D eigenvalue weighted by molar-refractivity contribution is 0.285. The molecule has 1 aliphatic heterocycles. The Bertz CT molecular complexity index is 1010. The Kier molecular flexibility index (Phi) is 5.34. The normalized spacial score (nSPS) is 22.1. The quantitative estimate of drug-likeness (QED) is 0.769. The van der Waals surface area contributed by atoms with Gasteiger partial charge in [-0.05, 0) is 62.1 Å². The van der Waals surface area contributed by atoms with E-state index in [1.807, 2.05) is 0 Å². The first-order chi connectivity index (χ1) is 13.4. The zero-order valence-corrected chi connectivity index (χ0v) is 17.1. The fourth-order valence-electron chi connectivity index (χ4n) is 3.55. The fraction of sp³-hybridized carbons (Fsp3) is 0.474. The summed E-state index contributed by atoms with van der Waals surface area (Å²) in [4.78, 5) is 0.174. The summed E-state index contributed by atoms with van der Waals surface area (Å²) in [5.41, 5.74) is 0. The summed E-state index contributed by atoms with van der Waals surface area (Å²) in [5, 5.41) is 0. The lowest BCUT2D eigenvalue weighted by Crippen LogP contribution is -2.34. The molecule has 1 saturated carbocycles. The van der Waals surface area contributed by atoms with Crippen molar-refractivity contribution in [2.75, 3.05) is 6.54 Å². The van der Waals surface area contributed by atoms with Gasteiger partial charge in [0, 0.05) is 12.6 Å². The number of benzene rings is 1. The van der Waals surface area contributed by atoms with Gasteiger partial charge in [-0.3, -0.25) is 0 Å². The maximum atomic E-state index is 13.3. The van der Waals surface area contributed by atoms with Crippen molar-refractivity contribution in [2.45, 2.75) is 60.4 Å². The molecule has 2 aromatic rings. The minimum absolute atomic E-state index is 0.000404. The third kappa shape index (κ3) is 4.03. The average Bonchev–Trinajstić information content (AvgIpc) is 3.38. The predicted octanol–water partition coefficient (Wildman–Crippen LogP) is 3.03. The van der Waals surface area contributed by atoms with Crippen molar-refractivity contribution in [3.8, 4) is 0 Å². The van der Waals surface area contributed by atoms with Crippen LogP contribution in [0.4, 0.5) is 0 Å². The summed E-state index contributed by atoms with van der Waals surface area (Å²) in [6.45, 7) is 0.414. The SMILES string of the molecule is O=S(=O)(NC1CC1)c1ccc(S(=O)(=O)N2CCCCC[C@@H]2c2ccco2)cc1. The first-order valence-corrected chi connectivity index (χ1v) is 12.5. The second-order valence-electron chi connectivity index (χ2n) is 7.36. The number of nitrogens with zero attached hydrogens (tertiary/aromatic N) is 1. The average molecular weight is 425 g/mol. The van der Waals surface area contributed by atoms with Gasteiger partial charge in [-0.25, -0.2) is 21.6 Å². The fourth-order valence-corrected chi connectivity index (χ4v) is 6.52. The van der Waals surface area contributed by atoms with Gasteiger partial charge in [0.1, 0.15) is 5.76 Å². The molecule has 0 spiro atoms. The standard InChI is InChI=1S/C19H24N2O5S2/c22-27(23,20-15-7-8-15)16-9-11-17(12-10-16)28(24,25)21-13-3-1-2-5-18(21)19-6-4-14-26-19/h4,6,9-12,14-15,18,20H,1-3,5,7-8,13H2/t18-/m1/s1. The van der Waals surface area contributed by atoms with Crippen LogP contribution in [0, 0.1) is 0 Å². The zero-order chi connectivity index (χ0) is 19.8. The summed E-state index contributed by atoms with van der Waals surface area (Å²) in [6.07, 6.45) is 6.62. The highest BCUT2D eigenvalue weighted by molar-refractivity contribution is 7.89. The molecular formula is C19H24N2O5S2. The molecule has 0 radical (unpaired) electrons. The molecule has 1 atom stereocenters. The molecule has 0 amide bonds. The molecule has 1 saturated heterocycles. The maximum absolute atomic E-state index is 13.3. The third-order valence-corrected chi connectivity index (χ3v) is 8.67. The monoisotopic (exact) mass is 424 g/mol. The van der Waals surface area contributed by atoms with E-state index in [9.17, 15) is 16.8 Å². The third-order valence-electron chi connectivity index (χ3n) is 5.22. The van der Waals surface area contributed by atoms with Gasteiger partial charge in [0.2, 0.25) is 20.0 Å². The Morgan fingerprint density at radius 2 is 1.61 bits per heavy atom. The highest BCUT2D eigenvalue weighted by Gasteiger charge is 2.35. The van der Waals surface area contributed by atoms with Crippen molar-refractivity contribution < 1.29 is 21.3 Å². The predicted molar refractivity (Wildman–Crippen MR) is 104 cm³/mol. The van der Waals surface area contributed by atoms with Crippen molar-refractivity contribution in [3.05, 3.63) is 48.4 Å². The van der Waals surface area contributed by atoms with Crippen LogP contribution in [-0.4, -0.2) is 33.7 Å². The molecule has 9 heteroatoms. The lowest BCUT2D eigenvalue weighted by atomic mass is 10.1. The van der Waals surface area contributed by atoms with Crippen molar-refractivity contribution >= 4 is 20.0 Å². The minimum Gasteiger partial charge on any atom is -0.468 e. The van der Waals surface area contributed by atoms with E-state index in [0.717, 1.165) is 32.1 Å². The molecule has 1 aromatic heterocycles. The van der Waals surface area contributed by atoms with E-state index in [0.29, 0.717) is 18.7 Å². The van der Waals surface area contributed by atoms with Crippen LogP contribution in [-0.2, 0) is 20.0 Å². The Morgan fingerprint density at radius 3 is 2.25 bits per heavy atom. The zero-order valence-electron chi connectivity index (χ0n) is 15.5. The van der Waals surface area contributed by atoms with Crippen molar-refractivity contribution in [3.63, 3.8) is 0 Å². The van der Waals surface area contributed by atoms with E-state index in [1.54, 1.807) is 18.4 Å². The topological polar surface area (TPSA) is 96.7 Å². The first-order valence-electron chi connectivity index (χ1n) is 9.55. The Labute approximate surface area is 165 Å². The molecule has 1 aromatic carbocycles. The maximum Gasteiger partial charge on any atom is 0.243 e. The van der Waals surface area contributed by atoms with Crippen LogP contribution in [0.5, 0.6) is 0 Å². The Balaban J connectivity index is 1.62. The highest BCUT2D eigenvalue weighted by Crippen LogP contribution is 2.35. The molecule has 28 heavy (non-hydrogen) atoms. The number of nitrogens with one attached hydrogen (secondary N) is 1. The van der Waals surface area contributed by atoms with Crippen LogP contribution in [0.15, 0.2) is 56.9 Å². The summed E-state index contributed by atoms with van der Waals surface area (Å²) in [6, 6.07) is 8.69. The summed E-state index contributed by atoms with van der Waals surface area (Å²) in [5.74, 6) is 0.637. The smallest absolute Gasteiger partial charge is 0.243 e. The van der Waals surface area contributed by atoms with E-state index in [1.165, 1.54) is 28.6 Å². The largest absolute Gasteiger partial charge is 0.468 e. The van der Waals surface area contributed by atoms with Gasteiger partial charge in [0.15, 0.2) is 0 Å². The molecule has 7 nitrogen and oxygen atoms in total. The van der Waals surface area contributed by atoms with Gasteiger partial charge >= 0.3 is 0 Å². The number of rotatable bonds is 6. The number of hydrogen-bond acceptors (Lipinski definition) is 5. The van der Waals surface area contributed by atoms with Gasteiger partial charge in [0.05, 0.1) is 22.1 Å². The molecule has 2 aliphatic rings. The minimum atomic E-state index is -3.78. The van der Waals surface area contributed by atoms with Crippen LogP contribution in [0.25, 0.3) is 0 Å². The van der Waals surface area contributed by atoms with Crippen LogP contribution >= 0.6 is 0 Å². The summed E-state index contributed by atoms with van der Waals surface area (Å²) in [7, 11) is -7.39. The second-order valence-corrected chi connectivity index (χ2v) is 11.0. The van der Waals surface area contributed by atoms with Gasteiger partial charge in [-0.2, -0.15) is 4.31 Å². The number of hydrogen-bond donors (Lipinski definition) is 1. The van der Waals surface area contributed by atoms with Gasteiger partial charge < -0.3 is 4.42 Å². The number of sulfonamides is 2. The summed E-state index contributed by atoms with van der Waals surface area (Å²) < 4.78 is 60.9. The lowest BCUT2D eigenvalue weighted by Gasteiger charge is -2.27. The van der Waals surface area contributed by atoms with Crippen molar-refractivity contribution in [2.24, 2.45) is 0 Å². The molecular weight excluding hydrogens is 400 g/mol. The Morgan fingerprint density at radius 1 is 0.893 bits per heavy atom. The van der Waals surface area contributed by atoms with Crippen molar-refractivity contribution in [1.29, 1.82) is 0 Å². The van der Waals surface area contributed by atoms with E-state index in [2.05, 4.69) is 4.72 Å². The van der Waals surface area contributed by atoms with E-state index < -0.39 is 20.0 Å². The highest BCUT2D eigenvalue weighted by atomic mass is 32.2. The molecule has 2 fully saturated rings. The second kappa shape index (κ2) is 7.62. The first kappa shape index (κ1) is 19.6. The van der Waals surface area contributed by atoms with E-state index in [4.69, 9.17) is 4.42 Å². The van der Waals surface area contributed by atoms with Crippen LogP contribution in [0.3, 0.4) is 0 Å². The van der Waals surface area contributed by atoms with Gasteiger partial charge in [-0.1, -0.05) is 12.8 Å². The molecule has 2 heterocycles. The van der Waals surface area contributed by atoms with Crippen LogP contribution in [0.1, 0.15) is 50.3 Å². The Hall–Kier alpha value is -1.68. The molecule has 152 valence electrons. The summed E-state index contributed by atoms with van der Waals surface area (Å²) >= 11 is 0. The van der Waals surface area contributed by atoms with E-state index >= 15 is 0 Å². The molecule has 0 bridgehead atoms. The van der Waals surface area contributed by atoms with Crippen LogP contribution < -0.4 is 4.72 Å². The van der Waals surface area contributed by atoms with Crippen LogP contribution in [0.2, 0.25) is 0 Å². The molecule has 4 rings (SSSR count). The number of furan rings is 1. The molecule has 0 unspecified atom stereocenters.